The van der Waals surface area contributed by atoms with Crippen molar-refractivity contribution in [3.05, 3.63) is 34.9 Å². The van der Waals surface area contributed by atoms with Crippen LogP contribution in [-0.4, -0.2) is 14.8 Å². The highest BCUT2D eigenvalue weighted by atomic mass is 79.9. The van der Waals surface area contributed by atoms with Crippen LogP contribution in [0.1, 0.15) is 19.2 Å². The molecule has 0 aliphatic carbocycles. The summed E-state index contributed by atoms with van der Waals surface area (Å²) in [6.07, 6.45) is 0.924. The van der Waals surface area contributed by atoms with Gasteiger partial charge in [0.15, 0.2) is 5.82 Å². The first-order chi connectivity index (χ1) is 8.67. The number of hydrogen-bond acceptors (Lipinski definition) is 2. The van der Waals surface area contributed by atoms with Gasteiger partial charge in [-0.3, -0.25) is 0 Å². The van der Waals surface area contributed by atoms with E-state index in [2.05, 4.69) is 33.1 Å². The Hall–Kier alpha value is -0.940. The monoisotopic (exact) mass is 331 g/mol. The molecule has 1 aromatic carbocycles. The van der Waals surface area contributed by atoms with E-state index in [-0.39, 0.29) is 5.82 Å². The summed E-state index contributed by atoms with van der Waals surface area (Å²) < 4.78 is 15.7. The van der Waals surface area contributed by atoms with E-state index in [1.807, 2.05) is 4.57 Å². The molecule has 0 amide bonds. The van der Waals surface area contributed by atoms with E-state index in [9.17, 15) is 4.39 Å². The molecule has 0 saturated heterocycles. The predicted molar refractivity (Wildman–Crippen MR) is 73.3 cm³/mol. The molecule has 3 nitrogen and oxygen atoms in total. The lowest BCUT2D eigenvalue weighted by molar-refractivity contribution is 0.621. The topological polar surface area (TPSA) is 30.7 Å². The van der Waals surface area contributed by atoms with E-state index in [0.717, 1.165) is 18.8 Å². The third-order valence-corrected chi connectivity index (χ3v) is 3.30. The van der Waals surface area contributed by atoms with Crippen LogP contribution in [0.5, 0.6) is 0 Å². The number of halogens is 3. The second kappa shape index (κ2) is 5.80. The van der Waals surface area contributed by atoms with Gasteiger partial charge in [0.25, 0.3) is 0 Å². The molecule has 2 aromatic rings. The summed E-state index contributed by atoms with van der Waals surface area (Å²) in [7, 11) is 0. The Morgan fingerprint density at radius 1 is 1.39 bits per heavy atom. The van der Waals surface area contributed by atoms with Crippen molar-refractivity contribution >= 4 is 27.5 Å². The first-order valence-electron chi connectivity index (χ1n) is 5.60. The van der Waals surface area contributed by atoms with Crippen molar-refractivity contribution in [2.75, 3.05) is 0 Å². The number of hydrogen-bond donors (Lipinski definition) is 0. The van der Waals surface area contributed by atoms with Crippen LogP contribution in [0.15, 0.2) is 18.2 Å². The third-order valence-electron chi connectivity index (χ3n) is 2.56. The Labute approximate surface area is 118 Å². The van der Waals surface area contributed by atoms with Crippen LogP contribution < -0.4 is 0 Å². The maximum Gasteiger partial charge on any atom is 0.167 e. The number of alkyl halides is 1. The van der Waals surface area contributed by atoms with Gasteiger partial charge in [0.2, 0.25) is 0 Å². The molecule has 0 atom stereocenters. The van der Waals surface area contributed by atoms with Crippen molar-refractivity contribution in [1.82, 2.24) is 14.8 Å². The average molecular weight is 333 g/mol. The zero-order valence-electron chi connectivity index (χ0n) is 9.83. The van der Waals surface area contributed by atoms with Gasteiger partial charge in [-0.2, -0.15) is 0 Å². The molecule has 96 valence electrons. The molecule has 18 heavy (non-hydrogen) atoms. The molecule has 0 aliphatic rings. The summed E-state index contributed by atoms with van der Waals surface area (Å²) in [5, 5.41) is 9.19. The van der Waals surface area contributed by atoms with Gasteiger partial charge in [0.05, 0.1) is 10.9 Å². The second-order valence-corrected chi connectivity index (χ2v) is 4.85. The molecule has 0 aliphatic heterocycles. The van der Waals surface area contributed by atoms with Crippen LogP contribution >= 0.6 is 27.5 Å². The molecule has 0 N–H and O–H groups in total. The molecule has 0 fully saturated rings. The first-order valence-corrected chi connectivity index (χ1v) is 7.10. The number of benzene rings is 1. The molecule has 0 saturated carbocycles. The largest absolute Gasteiger partial charge is 0.310 e. The van der Waals surface area contributed by atoms with Crippen LogP contribution in [-0.2, 0) is 11.9 Å². The normalized spacial score (nSPS) is 10.9. The maximum atomic E-state index is 13.8. The van der Waals surface area contributed by atoms with Gasteiger partial charge in [-0.25, -0.2) is 4.39 Å². The van der Waals surface area contributed by atoms with E-state index >= 15 is 0 Å². The average Bonchev–Trinajstić information content (AvgIpc) is 2.76. The highest BCUT2D eigenvalue weighted by Crippen LogP contribution is 2.26. The van der Waals surface area contributed by atoms with E-state index in [1.54, 1.807) is 6.07 Å². The fraction of sp³-hybridized carbons (Fsp3) is 0.333. The summed E-state index contributed by atoms with van der Waals surface area (Å²) in [5.74, 6) is 0.961. The van der Waals surface area contributed by atoms with Gasteiger partial charge >= 0.3 is 0 Å². The molecule has 0 radical (unpaired) electrons. The minimum Gasteiger partial charge on any atom is -0.310 e. The Kier molecular flexibility index (Phi) is 4.35. The van der Waals surface area contributed by atoms with Crippen molar-refractivity contribution in [3.63, 3.8) is 0 Å². The fourth-order valence-electron chi connectivity index (χ4n) is 1.76. The number of nitrogens with zero attached hydrogens (tertiary/aromatic N) is 3. The Morgan fingerprint density at radius 3 is 2.83 bits per heavy atom. The SMILES string of the molecule is CCCn1c(CBr)nnc1-c1cc(Cl)ccc1F. The van der Waals surface area contributed by atoms with Crippen molar-refractivity contribution in [3.8, 4) is 11.4 Å². The quantitative estimate of drug-likeness (QED) is 0.791. The van der Waals surface area contributed by atoms with Crippen molar-refractivity contribution in [2.24, 2.45) is 0 Å². The Morgan fingerprint density at radius 2 is 2.17 bits per heavy atom. The Balaban J connectivity index is 2.56. The van der Waals surface area contributed by atoms with Gasteiger partial charge in [0.1, 0.15) is 11.6 Å². The summed E-state index contributed by atoms with van der Waals surface area (Å²) in [6.45, 7) is 2.80. The van der Waals surface area contributed by atoms with E-state index < -0.39 is 0 Å². The van der Waals surface area contributed by atoms with Crippen LogP contribution in [0, 0.1) is 5.82 Å². The molecule has 0 spiro atoms. The highest BCUT2D eigenvalue weighted by Gasteiger charge is 2.16. The fourth-order valence-corrected chi connectivity index (χ4v) is 2.35. The van der Waals surface area contributed by atoms with Crippen LogP contribution in [0.4, 0.5) is 4.39 Å². The molecule has 1 heterocycles. The van der Waals surface area contributed by atoms with Crippen molar-refractivity contribution in [2.45, 2.75) is 25.2 Å². The van der Waals surface area contributed by atoms with Gasteiger partial charge in [-0.1, -0.05) is 34.5 Å². The smallest absolute Gasteiger partial charge is 0.167 e. The standard InChI is InChI=1S/C12H12BrClFN3/c1-2-5-18-11(7-13)16-17-12(18)9-6-8(14)3-4-10(9)15/h3-4,6H,2,5,7H2,1H3. The van der Waals surface area contributed by atoms with Crippen molar-refractivity contribution in [1.29, 1.82) is 0 Å². The third kappa shape index (κ3) is 2.57. The molecule has 2 rings (SSSR count). The molecule has 1 aromatic heterocycles. The van der Waals surface area contributed by atoms with E-state index in [1.165, 1.54) is 12.1 Å². The molecule has 0 unspecified atom stereocenters. The van der Waals surface area contributed by atoms with Gasteiger partial charge in [0, 0.05) is 11.6 Å². The molecule has 0 bridgehead atoms. The summed E-state index contributed by atoms with van der Waals surface area (Å²) in [4.78, 5) is 0. The molecular formula is C12H12BrClFN3. The number of rotatable bonds is 4. The summed E-state index contributed by atoms with van der Waals surface area (Å²) >= 11 is 9.26. The zero-order chi connectivity index (χ0) is 13.1. The van der Waals surface area contributed by atoms with Crippen LogP contribution in [0.2, 0.25) is 5.02 Å². The van der Waals surface area contributed by atoms with Gasteiger partial charge < -0.3 is 4.57 Å². The minimum absolute atomic E-state index is 0.342. The van der Waals surface area contributed by atoms with E-state index in [0.29, 0.717) is 21.7 Å². The minimum atomic E-state index is -0.342. The summed E-state index contributed by atoms with van der Waals surface area (Å²) in [6, 6.07) is 4.44. The lowest BCUT2D eigenvalue weighted by atomic mass is 10.2. The summed E-state index contributed by atoms with van der Waals surface area (Å²) in [5.41, 5.74) is 0.385. The lowest BCUT2D eigenvalue weighted by Crippen LogP contribution is -2.04. The van der Waals surface area contributed by atoms with Crippen molar-refractivity contribution < 1.29 is 4.39 Å². The first kappa shape index (κ1) is 13.5. The molecular weight excluding hydrogens is 321 g/mol. The van der Waals surface area contributed by atoms with Crippen LogP contribution in [0.25, 0.3) is 11.4 Å². The zero-order valence-corrected chi connectivity index (χ0v) is 12.2. The van der Waals surface area contributed by atoms with E-state index in [4.69, 9.17) is 11.6 Å². The van der Waals surface area contributed by atoms with Crippen LogP contribution in [0.3, 0.4) is 0 Å². The number of aromatic nitrogens is 3. The van der Waals surface area contributed by atoms with Gasteiger partial charge in [-0.05, 0) is 24.6 Å². The lowest BCUT2D eigenvalue weighted by Gasteiger charge is -2.08. The predicted octanol–water partition coefficient (Wildman–Crippen LogP) is 4.04. The highest BCUT2D eigenvalue weighted by molar-refractivity contribution is 9.08. The van der Waals surface area contributed by atoms with Gasteiger partial charge in [-0.15, -0.1) is 10.2 Å². The molecule has 6 heteroatoms. The Bertz CT molecular complexity index is 556. The maximum absolute atomic E-state index is 13.8. The second-order valence-electron chi connectivity index (χ2n) is 3.85.